The average Bonchev–Trinajstić information content (AvgIpc) is 2.35. The standard InChI is InChI=1S/C11H22N2O4S/c1-11(2,7-14)9(16)10(17)13-4-3-8(15)12-5-6-18/h9,14,16,18H,3-7H2,1-2H3,(H,12,15)(H,13,17)/t9-/m0/s1. The molecule has 0 radical (unpaired) electrons. The monoisotopic (exact) mass is 278 g/mol. The maximum atomic E-state index is 11.5. The number of thiol groups is 1. The minimum absolute atomic E-state index is 0.145. The molecule has 0 aromatic rings. The molecule has 4 N–H and O–H groups in total. The highest BCUT2D eigenvalue weighted by Crippen LogP contribution is 2.19. The molecule has 0 aliphatic carbocycles. The van der Waals surface area contributed by atoms with Crippen LogP contribution >= 0.6 is 12.6 Å². The number of amides is 2. The predicted molar refractivity (Wildman–Crippen MR) is 71.4 cm³/mol. The largest absolute Gasteiger partial charge is 0.396 e. The summed E-state index contributed by atoms with van der Waals surface area (Å²) in [6.45, 7) is 3.49. The van der Waals surface area contributed by atoms with Gasteiger partial charge in [-0.3, -0.25) is 9.59 Å². The van der Waals surface area contributed by atoms with Crippen LogP contribution in [0, 0.1) is 5.41 Å². The molecule has 0 aliphatic heterocycles. The molecule has 2 amide bonds. The highest BCUT2D eigenvalue weighted by Gasteiger charge is 2.32. The van der Waals surface area contributed by atoms with Gasteiger partial charge < -0.3 is 20.8 Å². The van der Waals surface area contributed by atoms with Gasteiger partial charge in [0.15, 0.2) is 0 Å². The van der Waals surface area contributed by atoms with Crippen molar-refractivity contribution in [3.8, 4) is 0 Å². The Labute approximate surface area is 113 Å². The van der Waals surface area contributed by atoms with E-state index in [1.807, 2.05) is 0 Å². The Morgan fingerprint density at radius 1 is 1.28 bits per heavy atom. The van der Waals surface area contributed by atoms with Crippen molar-refractivity contribution in [2.24, 2.45) is 5.41 Å². The van der Waals surface area contributed by atoms with Crippen LogP contribution < -0.4 is 10.6 Å². The van der Waals surface area contributed by atoms with E-state index < -0.39 is 17.4 Å². The lowest BCUT2D eigenvalue weighted by Gasteiger charge is -2.27. The first-order valence-corrected chi connectivity index (χ1v) is 6.42. The van der Waals surface area contributed by atoms with Gasteiger partial charge in [-0.05, 0) is 0 Å². The van der Waals surface area contributed by atoms with Crippen LogP contribution in [0.4, 0.5) is 0 Å². The molecule has 0 heterocycles. The summed E-state index contributed by atoms with van der Waals surface area (Å²) in [5.74, 6) is -0.210. The summed E-state index contributed by atoms with van der Waals surface area (Å²) in [6, 6.07) is 0. The number of aliphatic hydroxyl groups excluding tert-OH is 2. The fraction of sp³-hybridized carbons (Fsp3) is 0.818. The second-order valence-corrected chi connectivity index (χ2v) is 5.11. The molecule has 0 spiro atoms. The van der Waals surface area contributed by atoms with Crippen molar-refractivity contribution in [2.45, 2.75) is 26.4 Å². The van der Waals surface area contributed by atoms with Gasteiger partial charge in [0.25, 0.3) is 0 Å². The summed E-state index contributed by atoms with van der Waals surface area (Å²) < 4.78 is 0. The quantitative estimate of drug-likeness (QED) is 0.365. The Morgan fingerprint density at radius 2 is 1.89 bits per heavy atom. The highest BCUT2D eigenvalue weighted by molar-refractivity contribution is 7.80. The van der Waals surface area contributed by atoms with Crippen molar-refractivity contribution in [3.05, 3.63) is 0 Å². The second kappa shape index (κ2) is 8.34. The van der Waals surface area contributed by atoms with Crippen LogP contribution in [0.1, 0.15) is 20.3 Å². The Kier molecular flexibility index (Phi) is 7.97. The van der Waals surface area contributed by atoms with Crippen molar-refractivity contribution in [1.29, 1.82) is 0 Å². The molecule has 0 saturated heterocycles. The molecular formula is C11H22N2O4S. The zero-order chi connectivity index (χ0) is 14.2. The van der Waals surface area contributed by atoms with Crippen molar-refractivity contribution in [1.82, 2.24) is 10.6 Å². The number of rotatable bonds is 8. The number of nitrogens with one attached hydrogen (secondary N) is 2. The molecule has 7 heteroatoms. The molecule has 0 fully saturated rings. The van der Waals surface area contributed by atoms with Gasteiger partial charge in [0.1, 0.15) is 6.10 Å². The van der Waals surface area contributed by atoms with E-state index in [-0.39, 0.29) is 25.5 Å². The van der Waals surface area contributed by atoms with Gasteiger partial charge in [-0.1, -0.05) is 13.8 Å². The fourth-order valence-electron chi connectivity index (χ4n) is 1.12. The smallest absolute Gasteiger partial charge is 0.249 e. The van der Waals surface area contributed by atoms with E-state index in [4.69, 9.17) is 5.11 Å². The number of hydrogen-bond donors (Lipinski definition) is 5. The molecule has 0 aromatic carbocycles. The highest BCUT2D eigenvalue weighted by atomic mass is 32.1. The van der Waals surface area contributed by atoms with Gasteiger partial charge in [-0.25, -0.2) is 0 Å². The second-order valence-electron chi connectivity index (χ2n) is 4.66. The van der Waals surface area contributed by atoms with Crippen LogP contribution in [0.2, 0.25) is 0 Å². The summed E-state index contributed by atoms with van der Waals surface area (Å²) >= 11 is 3.95. The summed E-state index contributed by atoms with van der Waals surface area (Å²) in [7, 11) is 0. The van der Waals surface area contributed by atoms with Gasteiger partial charge in [0, 0.05) is 30.7 Å². The van der Waals surface area contributed by atoms with E-state index in [0.29, 0.717) is 12.3 Å². The lowest BCUT2D eigenvalue weighted by molar-refractivity contribution is -0.137. The normalized spacial score (nSPS) is 12.9. The fourth-order valence-corrected chi connectivity index (χ4v) is 1.23. The molecule has 0 bridgehead atoms. The van der Waals surface area contributed by atoms with E-state index in [1.165, 1.54) is 0 Å². The van der Waals surface area contributed by atoms with Gasteiger partial charge in [-0.15, -0.1) is 0 Å². The Morgan fingerprint density at radius 3 is 2.39 bits per heavy atom. The molecule has 106 valence electrons. The third-order valence-corrected chi connectivity index (χ3v) is 2.70. The van der Waals surface area contributed by atoms with Gasteiger partial charge in [0.2, 0.25) is 11.8 Å². The number of carbonyl (C=O) groups is 2. The molecule has 0 saturated carbocycles. The van der Waals surface area contributed by atoms with Crippen molar-refractivity contribution < 1.29 is 19.8 Å². The van der Waals surface area contributed by atoms with Crippen LogP contribution in [0.15, 0.2) is 0 Å². The topological polar surface area (TPSA) is 98.7 Å². The van der Waals surface area contributed by atoms with Crippen LogP contribution in [-0.2, 0) is 9.59 Å². The summed E-state index contributed by atoms with van der Waals surface area (Å²) in [4.78, 5) is 22.7. The molecule has 18 heavy (non-hydrogen) atoms. The minimum atomic E-state index is -1.30. The molecule has 1 atom stereocenters. The Bertz CT molecular complexity index is 284. The third-order valence-electron chi connectivity index (χ3n) is 2.48. The lowest BCUT2D eigenvalue weighted by atomic mass is 9.87. The molecule has 6 nitrogen and oxygen atoms in total. The first kappa shape index (κ1) is 17.2. The third kappa shape index (κ3) is 6.23. The molecular weight excluding hydrogens is 256 g/mol. The summed E-state index contributed by atoms with van der Waals surface area (Å²) in [5, 5.41) is 23.7. The summed E-state index contributed by atoms with van der Waals surface area (Å²) in [6.07, 6.45) is -1.16. The van der Waals surface area contributed by atoms with Crippen LogP contribution in [0.25, 0.3) is 0 Å². The number of carbonyl (C=O) groups excluding carboxylic acids is 2. The lowest BCUT2D eigenvalue weighted by Crippen LogP contribution is -2.46. The van der Waals surface area contributed by atoms with Crippen LogP contribution in [0.3, 0.4) is 0 Å². The molecule has 0 rings (SSSR count). The summed E-state index contributed by atoms with van der Waals surface area (Å²) in [5.41, 5.74) is -0.904. The minimum Gasteiger partial charge on any atom is -0.396 e. The van der Waals surface area contributed by atoms with E-state index in [1.54, 1.807) is 13.8 Å². The maximum Gasteiger partial charge on any atom is 0.249 e. The van der Waals surface area contributed by atoms with Gasteiger partial charge >= 0.3 is 0 Å². The number of hydrogen-bond acceptors (Lipinski definition) is 5. The molecule has 0 aromatic heterocycles. The van der Waals surface area contributed by atoms with E-state index in [0.717, 1.165) is 0 Å². The van der Waals surface area contributed by atoms with Crippen LogP contribution in [0.5, 0.6) is 0 Å². The zero-order valence-electron chi connectivity index (χ0n) is 10.8. The van der Waals surface area contributed by atoms with E-state index >= 15 is 0 Å². The average molecular weight is 278 g/mol. The zero-order valence-corrected chi connectivity index (χ0v) is 11.7. The number of aliphatic hydroxyl groups is 2. The molecule has 0 aliphatic rings. The van der Waals surface area contributed by atoms with Crippen LogP contribution in [-0.4, -0.2) is 53.6 Å². The SMILES string of the molecule is CC(C)(CO)[C@@H](O)C(=O)NCCC(=O)NCCS. The van der Waals surface area contributed by atoms with Crippen molar-refractivity contribution >= 4 is 24.4 Å². The Hall–Kier alpha value is -0.790. The first-order valence-electron chi connectivity index (χ1n) is 5.79. The van der Waals surface area contributed by atoms with Gasteiger partial charge in [0.05, 0.1) is 6.61 Å². The van der Waals surface area contributed by atoms with Crippen molar-refractivity contribution in [3.63, 3.8) is 0 Å². The van der Waals surface area contributed by atoms with E-state index in [9.17, 15) is 14.7 Å². The first-order chi connectivity index (χ1) is 8.35. The van der Waals surface area contributed by atoms with E-state index in [2.05, 4.69) is 23.3 Å². The maximum absolute atomic E-state index is 11.5. The van der Waals surface area contributed by atoms with Crippen molar-refractivity contribution in [2.75, 3.05) is 25.4 Å². The predicted octanol–water partition coefficient (Wildman–Crippen LogP) is -1.08. The van der Waals surface area contributed by atoms with Gasteiger partial charge in [-0.2, -0.15) is 12.6 Å². The molecule has 0 unspecified atom stereocenters. The Balaban J connectivity index is 3.94.